The van der Waals surface area contributed by atoms with E-state index in [1.165, 1.54) is 4.31 Å². The van der Waals surface area contributed by atoms with Gasteiger partial charge in [-0.1, -0.05) is 47.5 Å². The Morgan fingerprint density at radius 2 is 1.70 bits per heavy atom. The highest BCUT2D eigenvalue weighted by Gasteiger charge is 2.47. The molecule has 0 bridgehead atoms. The summed E-state index contributed by atoms with van der Waals surface area (Å²) in [5.41, 5.74) is 2.38. The lowest BCUT2D eigenvalue weighted by Gasteiger charge is -2.33. The van der Waals surface area contributed by atoms with Gasteiger partial charge in [-0.15, -0.1) is 0 Å². The summed E-state index contributed by atoms with van der Waals surface area (Å²) in [6.45, 7) is 4.11. The van der Waals surface area contributed by atoms with Crippen LogP contribution in [-0.2, 0) is 26.8 Å². The minimum atomic E-state index is -3.69. The predicted octanol–water partition coefficient (Wildman–Crippen LogP) is 4.74. The molecule has 0 aromatic heterocycles. The lowest BCUT2D eigenvalue weighted by molar-refractivity contribution is -0.119. The molecule has 10 heteroatoms. The number of benzene rings is 3. The molecule has 37 heavy (non-hydrogen) atoms. The summed E-state index contributed by atoms with van der Waals surface area (Å²) in [5, 5.41) is 7.48. The molecule has 3 aromatic carbocycles. The fraction of sp³-hybridized carbons (Fsp3) is 0.296. The van der Waals surface area contributed by atoms with E-state index in [2.05, 4.69) is 15.5 Å². The van der Waals surface area contributed by atoms with Gasteiger partial charge < -0.3 is 15.5 Å². The minimum Gasteiger partial charge on any atom is -0.367 e. The summed E-state index contributed by atoms with van der Waals surface area (Å²) in [7, 11) is -1.71. The van der Waals surface area contributed by atoms with E-state index in [4.69, 9.17) is 23.2 Å². The summed E-state index contributed by atoms with van der Waals surface area (Å²) < 4.78 is 28.5. The molecule has 1 saturated heterocycles. The monoisotopic (exact) mass is 558 g/mol. The van der Waals surface area contributed by atoms with Crippen molar-refractivity contribution in [1.29, 1.82) is 0 Å². The van der Waals surface area contributed by atoms with Crippen LogP contribution in [0.1, 0.15) is 16.7 Å². The number of anilines is 2. The highest BCUT2D eigenvalue weighted by molar-refractivity contribution is 7.89. The predicted molar refractivity (Wildman–Crippen MR) is 148 cm³/mol. The summed E-state index contributed by atoms with van der Waals surface area (Å²) in [5.74, 6) is -0.253. The second-order valence-electron chi connectivity index (χ2n) is 9.67. The highest BCUT2D eigenvalue weighted by atomic mass is 35.5. The maximum Gasteiger partial charge on any atom is 0.255 e. The van der Waals surface area contributed by atoms with E-state index < -0.39 is 15.6 Å². The van der Waals surface area contributed by atoms with Gasteiger partial charge in [0.1, 0.15) is 5.54 Å². The number of rotatable bonds is 6. The van der Waals surface area contributed by atoms with Crippen molar-refractivity contribution in [2.75, 3.05) is 43.9 Å². The third-order valence-electron chi connectivity index (χ3n) is 7.09. The molecule has 0 spiro atoms. The fourth-order valence-electron chi connectivity index (χ4n) is 4.94. The van der Waals surface area contributed by atoms with Crippen molar-refractivity contribution < 1.29 is 13.2 Å². The van der Waals surface area contributed by atoms with Gasteiger partial charge in [0.2, 0.25) is 10.0 Å². The molecule has 1 atom stereocenters. The van der Waals surface area contributed by atoms with E-state index in [0.29, 0.717) is 54.0 Å². The molecule has 2 aliphatic rings. The average molecular weight is 560 g/mol. The number of likely N-dealkylation sites (N-methyl/N-ethyl adjacent to an activating group) is 1. The van der Waals surface area contributed by atoms with Crippen molar-refractivity contribution in [3.8, 4) is 0 Å². The molecule has 1 unspecified atom stereocenters. The van der Waals surface area contributed by atoms with E-state index in [0.717, 1.165) is 16.7 Å². The molecular formula is C27H28Cl2N4O3S. The molecular weight excluding hydrogens is 531 g/mol. The zero-order chi connectivity index (χ0) is 26.4. The van der Waals surface area contributed by atoms with Crippen LogP contribution in [0.3, 0.4) is 0 Å². The lowest BCUT2D eigenvalue weighted by atomic mass is 9.84. The Morgan fingerprint density at radius 3 is 2.43 bits per heavy atom. The van der Waals surface area contributed by atoms with Crippen molar-refractivity contribution in [2.24, 2.45) is 0 Å². The fourth-order valence-corrected chi connectivity index (χ4v) is 6.78. The molecule has 2 heterocycles. The quantitative estimate of drug-likeness (QED) is 0.456. The molecule has 0 radical (unpaired) electrons. The number of amides is 1. The number of fused-ring (bicyclic) bond motifs is 1. The number of piperazine rings is 1. The summed E-state index contributed by atoms with van der Waals surface area (Å²) >= 11 is 12.5. The number of carbonyl (C=O) groups is 1. The van der Waals surface area contributed by atoms with Gasteiger partial charge in [0, 0.05) is 59.6 Å². The van der Waals surface area contributed by atoms with Crippen molar-refractivity contribution in [3.63, 3.8) is 0 Å². The second-order valence-corrected chi connectivity index (χ2v) is 12.5. The van der Waals surface area contributed by atoms with Gasteiger partial charge in [-0.05, 0) is 61.5 Å². The number of hydrogen-bond donors (Lipinski definition) is 2. The molecule has 3 aromatic rings. The molecule has 1 fully saturated rings. The van der Waals surface area contributed by atoms with Crippen molar-refractivity contribution in [2.45, 2.75) is 23.8 Å². The first-order chi connectivity index (χ1) is 17.6. The van der Waals surface area contributed by atoms with Crippen LogP contribution in [0.15, 0.2) is 65.6 Å². The van der Waals surface area contributed by atoms with Gasteiger partial charge in [-0.25, -0.2) is 8.42 Å². The first-order valence-corrected chi connectivity index (χ1v) is 14.2. The van der Waals surface area contributed by atoms with Crippen molar-refractivity contribution in [1.82, 2.24) is 9.21 Å². The van der Waals surface area contributed by atoms with Crippen LogP contribution in [0.2, 0.25) is 10.0 Å². The summed E-state index contributed by atoms with van der Waals surface area (Å²) in [4.78, 5) is 15.9. The number of carbonyl (C=O) groups excluding carboxylic acids is 1. The molecule has 7 nitrogen and oxygen atoms in total. The van der Waals surface area contributed by atoms with Gasteiger partial charge >= 0.3 is 0 Å². The Balaban J connectivity index is 1.57. The van der Waals surface area contributed by atoms with Gasteiger partial charge in [0.25, 0.3) is 5.91 Å². The smallest absolute Gasteiger partial charge is 0.255 e. The van der Waals surface area contributed by atoms with Crippen LogP contribution in [0.25, 0.3) is 0 Å². The van der Waals surface area contributed by atoms with Gasteiger partial charge in [0.15, 0.2) is 0 Å². The number of halogens is 2. The van der Waals surface area contributed by atoms with E-state index in [1.807, 2.05) is 38.2 Å². The standard InChI is InChI=1S/C27H28Cl2N4O3S/c1-18-6-8-22(37(35,36)33-12-10-32(2)11-13-33)16-24(18)31-27(17-19-4-3-5-20(28)14-19)23-9-7-21(29)15-25(23)30-26(27)34/h3-9,14-16,31H,10-13,17H2,1-2H3,(H,30,34). The third-order valence-corrected chi connectivity index (χ3v) is 9.46. The van der Waals surface area contributed by atoms with Crippen molar-refractivity contribution >= 4 is 50.5 Å². The van der Waals surface area contributed by atoms with Crippen molar-refractivity contribution in [3.05, 3.63) is 87.4 Å². The van der Waals surface area contributed by atoms with E-state index in [1.54, 1.807) is 36.4 Å². The number of hydrogen-bond acceptors (Lipinski definition) is 5. The van der Waals surface area contributed by atoms with Crippen LogP contribution in [-0.4, -0.2) is 56.8 Å². The Hall–Kier alpha value is -2.62. The maximum absolute atomic E-state index is 13.6. The van der Waals surface area contributed by atoms with E-state index in [9.17, 15) is 13.2 Å². The number of nitrogens with one attached hydrogen (secondary N) is 2. The topological polar surface area (TPSA) is 81.8 Å². The molecule has 194 valence electrons. The summed E-state index contributed by atoms with van der Waals surface area (Å²) in [6, 6.07) is 17.7. The molecule has 2 aliphatic heterocycles. The minimum absolute atomic E-state index is 0.192. The van der Waals surface area contributed by atoms with Crippen LogP contribution in [0, 0.1) is 6.92 Å². The molecule has 2 N–H and O–H groups in total. The summed E-state index contributed by atoms with van der Waals surface area (Å²) in [6.07, 6.45) is 0.295. The zero-order valence-electron chi connectivity index (χ0n) is 20.6. The lowest BCUT2D eigenvalue weighted by Crippen LogP contribution is -2.47. The second kappa shape index (κ2) is 9.93. The Morgan fingerprint density at radius 1 is 0.973 bits per heavy atom. The molecule has 1 amide bonds. The van der Waals surface area contributed by atoms with Crippen LogP contribution in [0.5, 0.6) is 0 Å². The first kappa shape index (κ1) is 26.0. The van der Waals surface area contributed by atoms with Gasteiger partial charge in [-0.3, -0.25) is 4.79 Å². The van der Waals surface area contributed by atoms with Crippen LogP contribution in [0.4, 0.5) is 11.4 Å². The first-order valence-electron chi connectivity index (χ1n) is 12.0. The number of aryl methyl sites for hydroxylation is 1. The van der Waals surface area contributed by atoms with Crippen LogP contribution >= 0.6 is 23.2 Å². The number of sulfonamides is 1. The normalized spacial score (nSPS) is 20.5. The van der Waals surface area contributed by atoms with Crippen LogP contribution < -0.4 is 10.6 Å². The van der Waals surface area contributed by atoms with Gasteiger partial charge in [0.05, 0.1) is 4.90 Å². The average Bonchev–Trinajstić information content (AvgIpc) is 3.10. The van der Waals surface area contributed by atoms with E-state index >= 15 is 0 Å². The zero-order valence-corrected chi connectivity index (χ0v) is 22.9. The molecule has 5 rings (SSSR count). The number of nitrogens with zero attached hydrogens (tertiary/aromatic N) is 2. The van der Waals surface area contributed by atoms with E-state index in [-0.39, 0.29) is 10.8 Å². The molecule has 0 aliphatic carbocycles. The maximum atomic E-state index is 13.6. The Kier molecular flexibility index (Phi) is 6.98. The highest BCUT2D eigenvalue weighted by Crippen LogP contribution is 2.43. The largest absolute Gasteiger partial charge is 0.367 e. The Labute approximate surface area is 227 Å². The third kappa shape index (κ3) is 4.96. The molecule has 0 saturated carbocycles. The SMILES string of the molecule is Cc1ccc(S(=O)(=O)N2CCN(C)CC2)cc1NC1(Cc2cccc(Cl)c2)C(=O)Nc2cc(Cl)ccc21. The van der Waals surface area contributed by atoms with Gasteiger partial charge in [-0.2, -0.15) is 4.31 Å². The Bertz CT molecular complexity index is 1470.